The molecule has 0 aromatic carbocycles. The smallest absolute Gasteiger partial charge is 0.475 e. The average molecular weight is 380 g/mol. The number of nitrogens with zero attached hydrogens (tertiary/aromatic N) is 1. The monoisotopic (exact) mass is 380 g/mol. The van der Waals surface area contributed by atoms with Crippen molar-refractivity contribution in [2.75, 3.05) is 26.2 Å². The lowest BCUT2D eigenvalue weighted by atomic mass is 9.99. The van der Waals surface area contributed by atoms with Crippen molar-refractivity contribution in [3.05, 3.63) is 0 Å². The van der Waals surface area contributed by atoms with E-state index >= 15 is 0 Å². The fraction of sp³-hybridized carbons (Fsp3) is 0.882. The number of alkyl halides is 3. The van der Waals surface area contributed by atoms with E-state index in [1.54, 1.807) is 0 Å². The van der Waals surface area contributed by atoms with Crippen LogP contribution in [0, 0.1) is 17.8 Å². The van der Waals surface area contributed by atoms with Crippen molar-refractivity contribution >= 4 is 11.9 Å². The second kappa shape index (κ2) is 8.56. The lowest BCUT2D eigenvalue weighted by Gasteiger charge is -2.33. The molecule has 3 fully saturated rings. The standard InChI is InChI=1S/C15H26N2O2.C2HF3O2/c1-10(2)7-17-8-12-5-13(14(9-17)19-12)15(18)16-6-11-3-4-11;3-2(4,5)1(6)7/h10-14H,3-9H2,1-2H3,(H,16,18);(H,6,7). The van der Waals surface area contributed by atoms with Crippen molar-refractivity contribution in [3.8, 4) is 0 Å². The van der Waals surface area contributed by atoms with Gasteiger partial charge < -0.3 is 15.2 Å². The fourth-order valence-corrected chi connectivity index (χ4v) is 3.38. The number of hydrogen-bond acceptors (Lipinski definition) is 4. The van der Waals surface area contributed by atoms with Gasteiger partial charge in [0.2, 0.25) is 5.91 Å². The van der Waals surface area contributed by atoms with Crippen LogP contribution < -0.4 is 5.32 Å². The van der Waals surface area contributed by atoms with Crippen LogP contribution in [0.5, 0.6) is 0 Å². The Labute approximate surface area is 151 Å². The van der Waals surface area contributed by atoms with Gasteiger partial charge in [-0.05, 0) is 31.1 Å². The average Bonchev–Trinajstić information content (AvgIpc) is 3.28. The summed E-state index contributed by atoms with van der Waals surface area (Å²) in [6.45, 7) is 8.42. The van der Waals surface area contributed by atoms with Gasteiger partial charge in [-0.15, -0.1) is 0 Å². The third-order valence-corrected chi connectivity index (χ3v) is 4.70. The molecule has 0 spiro atoms. The van der Waals surface area contributed by atoms with Gasteiger partial charge in [-0.1, -0.05) is 13.8 Å². The maximum atomic E-state index is 12.2. The molecule has 3 atom stereocenters. The molecule has 1 aliphatic carbocycles. The molecule has 2 heterocycles. The zero-order valence-electron chi connectivity index (χ0n) is 15.1. The second-order valence-corrected chi connectivity index (χ2v) is 7.74. The van der Waals surface area contributed by atoms with Crippen LogP contribution in [0.1, 0.15) is 33.1 Å². The number of halogens is 3. The molecule has 3 aliphatic rings. The highest BCUT2D eigenvalue weighted by molar-refractivity contribution is 5.79. The highest BCUT2D eigenvalue weighted by Gasteiger charge is 2.44. The Morgan fingerprint density at radius 2 is 1.88 bits per heavy atom. The molecule has 9 heteroatoms. The molecular weight excluding hydrogens is 353 g/mol. The van der Waals surface area contributed by atoms with Crippen LogP contribution in [0.2, 0.25) is 0 Å². The molecule has 1 saturated carbocycles. The van der Waals surface area contributed by atoms with E-state index in [0.29, 0.717) is 5.92 Å². The fourth-order valence-electron chi connectivity index (χ4n) is 3.38. The summed E-state index contributed by atoms with van der Waals surface area (Å²) in [5.41, 5.74) is 0. The Hall–Kier alpha value is -1.35. The second-order valence-electron chi connectivity index (χ2n) is 7.74. The molecule has 0 radical (unpaired) electrons. The SMILES string of the molecule is CC(C)CN1CC2CC(C(=O)NCC3CC3)C(C1)O2.O=C(O)C(F)(F)F. The van der Waals surface area contributed by atoms with Gasteiger partial charge in [0.25, 0.3) is 0 Å². The number of hydrogen-bond donors (Lipinski definition) is 2. The summed E-state index contributed by atoms with van der Waals surface area (Å²) in [4.78, 5) is 23.6. The van der Waals surface area contributed by atoms with Crippen LogP contribution in [0.4, 0.5) is 13.2 Å². The van der Waals surface area contributed by atoms with Crippen molar-refractivity contribution in [2.45, 2.75) is 51.5 Å². The maximum Gasteiger partial charge on any atom is 0.490 e. The molecule has 2 N–H and O–H groups in total. The minimum absolute atomic E-state index is 0.0842. The topological polar surface area (TPSA) is 78.9 Å². The molecular formula is C17H27F3N2O4. The largest absolute Gasteiger partial charge is 0.490 e. The van der Waals surface area contributed by atoms with Crippen molar-refractivity contribution < 1.29 is 32.6 Å². The van der Waals surface area contributed by atoms with E-state index in [2.05, 4.69) is 24.1 Å². The number of fused-ring (bicyclic) bond motifs is 2. The van der Waals surface area contributed by atoms with Crippen LogP contribution in [-0.2, 0) is 14.3 Å². The van der Waals surface area contributed by atoms with E-state index in [4.69, 9.17) is 14.6 Å². The van der Waals surface area contributed by atoms with Gasteiger partial charge in [-0.2, -0.15) is 13.2 Å². The number of amides is 1. The van der Waals surface area contributed by atoms with Gasteiger partial charge in [0.1, 0.15) is 0 Å². The van der Waals surface area contributed by atoms with E-state index in [9.17, 15) is 18.0 Å². The van der Waals surface area contributed by atoms with Crippen LogP contribution in [0.15, 0.2) is 0 Å². The van der Waals surface area contributed by atoms with Crippen LogP contribution >= 0.6 is 0 Å². The number of morpholine rings is 1. The summed E-state index contributed by atoms with van der Waals surface area (Å²) in [5, 5.41) is 10.2. The number of carboxylic acids is 1. The number of nitrogens with one attached hydrogen (secondary N) is 1. The predicted molar refractivity (Wildman–Crippen MR) is 87.5 cm³/mol. The number of aliphatic carboxylic acids is 1. The first-order chi connectivity index (χ1) is 12.1. The van der Waals surface area contributed by atoms with E-state index in [1.165, 1.54) is 12.8 Å². The summed E-state index contributed by atoms with van der Waals surface area (Å²) in [7, 11) is 0. The highest BCUT2D eigenvalue weighted by Crippen LogP contribution is 2.33. The number of carbonyl (C=O) groups is 2. The van der Waals surface area contributed by atoms with Gasteiger partial charge in [0.15, 0.2) is 0 Å². The molecule has 0 aromatic heterocycles. The van der Waals surface area contributed by atoms with Gasteiger partial charge >= 0.3 is 12.1 Å². The summed E-state index contributed by atoms with van der Waals surface area (Å²) < 4.78 is 37.7. The lowest BCUT2D eigenvalue weighted by Crippen LogP contribution is -2.46. The van der Waals surface area contributed by atoms with Crippen molar-refractivity contribution in [3.63, 3.8) is 0 Å². The van der Waals surface area contributed by atoms with E-state index in [-0.39, 0.29) is 24.0 Å². The van der Waals surface area contributed by atoms with Crippen molar-refractivity contribution in [2.24, 2.45) is 17.8 Å². The quantitative estimate of drug-likeness (QED) is 0.762. The van der Waals surface area contributed by atoms with Gasteiger partial charge in [0.05, 0.1) is 18.1 Å². The van der Waals surface area contributed by atoms with E-state index in [1.807, 2.05) is 0 Å². The lowest BCUT2D eigenvalue weighted by molar-refractivity contribution is -0.192. The zero-order valence-corrected chi connectivity index (χ0v) is 15.1. The van der Waals surface area contributed by atoms with Gasteiger partial charge in [0, 0.05) is 26.2 Å². The number of likely N-dealkylation sites (tertiary alicyclic amines) is 1. The normalized spacial score (nSPS) is 28.5. The third-order valence-electron chi connectivity index (χ3n) is 4.70. The van der Waals surface area contributed by atoms with Crippen molar-refractivity contribution in [1.29, 1.82) is 0 Å². The van der Waals surface area contributed by atoms with Gasteiger partial charge in [-0.25, -0.2) is 4.79 Å². The molecule has 26 heavy (non-hydrogen) atoms. The van der Waals surface area contributed by atoms with Crippen molar-refractivity contribution in [1.82, 2.24) is 10.2 Å². The number of ether oxygens (including phenoxy) is 1. The molecule has 2 aliphatic heterocycles. The summed E-state index contributed by atoms with van der Waals surface area (Å²) in [6.07, 6.45) is -1.20. The minimum atomic E-state index is -5.08. The molecule has 3 unspecified atom stereocenters. The predicted octanol–water partition coefficient (Wildman–Crippen LogP) is 1.89. The van der Waals surface area contributed by atoms with Crippen LogP contribution in [0.25, 0.3) is 0 Å². The number of carbonyl (C=O) groups excluding carboxylic acids is 1. The molecule has 1 amide bonds. The van der Waals surface area contributed by atoms with E-state index in [0.717, 1.165) is 38.5 Å². The zero-order chi connectivity index (χ0) is 19.5. The molecule has 6 nitrogen and oxygen atoms in total. The molecule has 2 bridgehead atoms. The first kappa shape index (κ1) is 21.0. The minimum Gasteiger partial charge on any atom is -0.475 e. The number of carboxylic acid groups (broad SMARTS) is 1. The summed E-state index contributed by atoms with van der Waals surface area (Å²) >= 11 is 0. The molecule has 150 valence electrons. The summed E-state index contributed by atoms with van der Waals surface area (Å²) in [5.74, 6) is -1.01. The van der Waals surface area contributed by atoms with Gasteiger partial charge in [-0.3, -0.25) is 9.69 Å². The summed E-state index contributed by atoms with van der Waals surface area (Å²) in [6, 6.07) is 0. The Morgan fingerprint density at radius 1 is 1.27 bits per heavy atom. The maximum absolute atomic E-state index is 12.2. The van der Waals surface area contributed by atoms with Crippen LogP contribution in [-0.4, -0.2) is 66.4 Å². The van der Waals surface area contributed by atoms with Crippen LogP contribution in [0.3, 0.4) is 0 Å². The number of rotatable bonds is 5. The third kappa shape index (κ3) is 6.42. The van der Waals surface area contributed by atoms with E-state index < -0.39 is 12.1 Å². The highest BCUT2D eigenvalue weighted by atomic mass is 19.4. The first-order valence-electron chi connectivity index (χ1n) is 9.02. The Bertz CT molecular complexity index is 509. The Morgan fingerprint density at radius 3 is 2.38 bits per heavy atom. The Balaban J connectivity index is 0.000000298. The molecule has 2 saturated heterocycles. The Kier molecular flexibility index (Phi) is 6.90. The first-order valence-corrected chi connectivity index (χ1v) is 9.02. The molecule has 0 aromatic rings. The molecule has 3 rings (SSSR count).